The number of ether oxygens (including phenoxy) is 3. The first-order valence-corrected chi connectivity index (χ1v) is 11.0. The number of aliphatic hydroxyl groups excluding tert-OH is 4. The van der Waals surface area contributed by atoms with Crippen LogP contribution in [0.25, 0.3) is 16.9 Å². The number of alkyl carbamates (subject to hydrolysis) is 1. The van der Waals surface area contributed by atoms with Crippen LogP contribution in [-0.4, -0.2) is 107 Å². The van der Waals surface area contributed by atoms with Gasteiger partial charge in [-0.25, -0.2) is 24.0 Å². The molecule has 4 rings (SSSR count). The lowest BCUT2D eigenvalue weighted by Gasteiger charge is -2.21. The number of aliphatic hydroxyl groups is 4. The number of amides is 1. The summed E-state index contributed by atoms with van der Waals surface area (Å²) in [7, 11) is 3.48. The molecule has 16 nitrogen and oxygen atoms in total. The number of imidazole rings is 2. The molecule has 3 aromatic heterocycles. The topological polar surface area (TPSA) is 212 Å². The maximum absolute atomic E-state index is 13.7. The van der Waals surface area contributed by atoms with Crippen molar-refractivity contribution in [3.05, 3.63) is 28.1 Å². The molecule has 37 heavy (non-hydrogen) atoms. The second-order valence-corrected chi connectivity index (χ2v) is 8.37. The largest absolute Gasteiger partial charge is 0.467 e. The number of rotatable bonds is 7. The first-order valence-electron chi connectivity index (χ1n) is 12.5. The predicted molar refractivity (Wildman–Crippen MR) is 123 cm³/mol. The maximum Gasteiger partial charge on any atom is 0.407 e. The first-order chi connectivity index (χ1) is 18.8. The zero-order valence-electron chi connectivity index (χ0n) is 22.9. The van der Waals surface area contributed by atoms with Crippen LogP contribution in [0.5, 0.6) is 0 Å². The number of hydrogen-bond donors (Lipinski definition) is 5. The van der Waals surface area contributed by atoms with Crippen molar-refractivity contribution in [2.45, 2.75) is 50.0 Å². The van der Waals surface area contributed by atoms with Crippen molar-refractivity contribution in [2.24, 2.45) is 7.05 Å². The number of esters is 1. The van der Waals surface area contributed by atoms with Crippen molar-refractivity contribution in [2.75, 3.05) is 20.8 Å². The summed E-state index contributed by atoms with van der Waals surface area (Å²) in [6, 6.07) is -1.69. The lowest BCUT2D eigenvalue weighted by Crippen LogP contribution is -2.50. The zero-order chi connectivity index (χ0) is 29.7. The third-order valence-electron chi connectivity index (χ3n) is 6.24. The highest BCUT2D eigenvalue weighted by Crippen LogP contribution is 2.31. The van der Waals surface area contributed by atoms with Crippen LogP contribution < -0.4 is 10.9 Å². The first kappa shape index (κ1) is 22.6. The van der Waals surface area contributed by atoms with E-state index in [1.165, 1.54) is 22.5 Å². The van der Waals surface area contributed by atoms with Gasteiger partial charge in [0.15, 0.2) is 23.4 Å². The molecule has 1 saturated heterocycles. The minimum absolute atomic E-state index is 0.0429. The molecular weight excluding hydrogens is 496 g/mol. The molecule has 6 atom stereocenters. The van der Waals surface area contributed by atoms with E-state index in [-0.39, 0.29) is 22.6 Å². The van der Waals surface area contributed by atoms with Gasteiger partial charge in [-0.3, -0.25) is 13.9 Å². The molecule has 1 aliphatic rings. The van der Waals surface area contributed by atoms with Crippen molar-refractivity contribution in [1.82, 2.24) is 28.8 Å². The lowest BCUT2D eigenvalue weighted by atomic mass is 10.1. The van der Waals surface area contributed by atoms with Gasteiger partial charge < -0.3 is 40.0 Å². The van der Waals surface area contributed by atoms with Gasteiger partial charge in [0.25, 0.3) is 5.56 Å². The van der Waals surface area contributed by atoms with Crippen molar-refractivity contribution in [3.63, 3.8) is 0 Å². The molecular formula is C21H28N6O10. The van der Waals surface area contributed by atoms with Gasteiger partial charge in [0.05, 0.1) is 44.6 Å². The van der Waals surface area contributed by atoms with Gasteiger partial charge >= 0.3 is 12.1 Å². The molecule has 0 radical (unpaired) electrons. The zero-order valence-corrected chi connectivity index (χ0v) is 19.9. The monoisotopic (exact) mass is 527 g/mol. The van der Waals surface area contributed by atoms with Crippen LogP contribution in [-0.2, 0) is 32.5 Å². The Hall–Kier alpha value is -3.57. The van der Waals surface area contributed by atoms with Crippen molar-refractivity contribution in [3.8, 4) is 0 Å². The van der Waals surface area contributed by atoms with E-state index in [1.54, 1.807) is 0 Å². The van der Waals surface area contributed by atoms with E-state index in [2.05, 4.69) is 24.8 Å². The van der Waals surface area contributed by atoms with Crippen LogP contribution in [0.4, 0.5) is 4.79 Å². The highest BCUT2D eigenvalue weighted by Gasteiger charge is 2.44. The van der Waals surface area contributed by atoms with Gasteiger partial charge in [0.2, 0.25) is 5.78 Å². The fraction of sp³-hybridized carbons (Fsp3) is 0.571. The molecule has 3 aromatic rings. The summed E-state index contributed by atoms with van der Waals surface area (Å²) >= 11 is 0. The van der Waals surface area contributed by atoms with Crippen LogP contribution in [0, 0.1) is 6.85 Å². The summed E-state index contributed by atoms with van der Waals surface area (Å²) in [4.78, 5) is 45.9. The summed E-state index contributed by atoms with van der Waals surface area (Å²) < 4.78 is 42.0. The maximum atomic E-state index is 13.7. The molecule has 0 saturated carbocycles. The number of nitrogens with zero attached hydrogens (tertiary/aromatic N) is 5. The molecule has 1 aliphatic heterocycles. The average molecular weight is 528 g/mol. The van der Waals surface area contributed by atoms with Gasteiger partial charge in [-0.2, -0.15) is 0 Å². The van der Waals surface area contributed by atoms with Crippen LogP contribution >= 0.6 is 0 Å². The summed E-state index contributed by atoms with van der Waals surface area (Å²) in [6.45, 7) is -3.47. The lowest BCUT2D eigenvalue weighted by molar-refractivity contribution is -0.146. The molecule has 1 amide bonds. The predicted octanol–water partition coefficient (Wildman–Crippen LogP) is -2.90. The molecule has 4 heterocycles. The average Bonchev–Trinajstić information content (AvgIpc) is 3.59. The van der Waals surface area contributed by atoms with Crippen LogP contribution in [0.15, 0.2) is 11.1 Å². The fourth-order valence-corrected chi connectivity index (χ4v) is 4.34. The number of aromatic nitrogens is 5. The summed E-state index contributed by atoms with van der Waals surface area (Å²) in [6.07, 6.45) is -7.64. The Kier molecular flexibility index (Phi) is 6.15. The molecule has 0 unspecified atom stereocenters. The number of nitrogens with one attached hydrogen (secondary N) is 1. The van der Waals surface area contributed by atoms with Crippen LogP contribution in [0.2, 0.25) is 0 Å². The van der Waals surface area contributed by atoms with E-state index in [4.69, 9.17) is 8.85 Å². The Balaban J connectivity index is 1.89. The second-order valence-electron chi connectivity index (χ2n) is 8.37. The van der Waals surface area contributed by atoms with Gasteiger partial charge in [0.1, 0.15) is 18.3 Å². The Morgan fingerprint density at radius 1 is 1.30 bits per heavy atom. The highest BCUT2D eigenvalue weighted by molar-refractivity contribution is 5.82. The van der Waals surface area contributed by atoms with Gasteiger partial charge in [-0.15, -0.1) is 0 Å². The fourth-order valence-electron chi connectivity index (χ4n) is 4.34. The van der Waals surface area contributed by atoms with E-state index in [0.29, 0.717) is 0 Å². The van der Waals surface area contributed by atoms with E-state index in [9.17, 15) is 34.8 Å². The molecule has 16 heteroatoms. The Morgan fingerprint density at radius 2 is 2.03 bits per heavy atom. The quantitative estimate of drug-likeness (QED) is 0.196. The van der Waals surface area contributed by atoms with E-state index in [0.717, 1.165) is 18.6 Å². The number of hydrogen-bond acceptors (Lipinski definition) is 12. The van der Waals surface area contributed by atoms with Crippen LogP contribution in [0.3, 0.4) is 0 Å². The molecule has 0 spiro atoms. The van der Waals surface area contributed by atoms with Crippen molar-refractivity contribution >= 4 is 29.0 Å². The summed E-state index contributed by atoms with van der Waals surface area (Å²) in [5.74, 6) is -1.26. The smallest absolute Gasteiger partial charge is 0.407 e. The standard InChI is InChI=1S/C21H28N6O10/c1-8-9(5-10(29)12(19(33)35-3)24-21(34)36-4)27-17(32)13-16(25(2)20(27)23-8)26(7-22-13)18-15(31)14(30)11(6-28)37-18/h7,10-12,14-15,18,28-31H,5-6H2,1-4H3,(H,24,34)/t10-,11+,12-,14+,15+,18+/m0/s1/i1D3. The molecule has 5 N–H and O–H groups in total. The summed E-state index contributed by atoms with van der Waals surface area (Å²) in [5, 5.41) is 43.1. The van der Waals surface area contributed by atoms with Gasteiger partial charge in [-0.1, -0.05) is 0 Å². The third kappa shape index (κ3) is 4.31. The van der Waals surface area contributed by atoms with Gasteiger partial charge in [-0.05, 0) is 6.85 Å². The Bertz CT molecular complexity index is 1500. The number of aryl methyl sites for hydroxylation is 2. The van der Waals surface area contributed by atoms with Crippen LogP contribution in [0.1, 0.15) is 21.7 Å². The van der Waals surface area contributed by atoms with E-state index in [1.807, 2.05) is 0 Å². The number of carbonyl (C=O) groups is 2. The highest BCUT2D eigenvalue weighted by atomic mass is 16.6. The number of methoxy groups -OCH3 is 2. The third-order valence-corrected chi connectivity index (χ3v) is 6.24. The Morgan fingerprint density at radius 3 is 2.62 bits per heavy atom. The van der Waals surface area contributed by atoms with Crippen molar-refractivity contribution in [1.29, 1.82) is 0 Å². The molecule has 0 bridgehead atoms. The van der Waals surface area contributed by atoms with Crippen molar-refractivity contribution < 1.29 is 48.3 Å². The van der Waals surface area contributed by atoms with E-state index < -0.39 is 79.9 Å². The molecule has 1 fully saturated rings. The molecule has 0 aliphatic carbocycles. The molecule has 202 valence electrons. The number of carbonyl (C=O) groups excluding carboxylic acids is 2. The summed E-state index contributed by atoms with van der Waals surface area (Å²) in [5.41, 5.74) is -1.87. The molecule has 0 aromatic carbocycles. The van der Waals surface area contributed by atoms with Gasteiger partial charge in [0, 0.05) is 17.6 Å². The van der Waals surface area contributed by atoms with E-state index >= 15 is 0 Å². The Labute approximate surface area is 212 Å². The minimum atomic E-state index is -2.88. The second kappa shape index (κ2) is 10.1. The normalized spacial score (nSPS) is 24.9. The minimum Gasteiger partial charge on any atom is -0.467 e. The number of fused-ring (bicyclic) bond motifs is 2. The SMILES string of the molecule is [2H]C([2H])([2H])c1nc2n(C)c3c(ncn3[C@@H]3O[C@H](CO)[C@@H](O)[C@H]3O)c(=O)n2c1C[C@H](O)[C@H](NC(=O)OC)C(=O)OC.